The zero-order chi connectivity index (χ0) is 8.97. The van der Waals surface area contributed by atoms with Crippen molar-refractivity contribution in [2.24, 2.45) is 5.73 Å². The van der Waals surface area contributed by atoms with E-state index in [4.69, 9.17) is 15.6 Å². The average Bonchev–Trinajstić information content (AvgIpc) is 2.08. The molecule has 1 aromatic carbocycles. The summed E-state index contributed by atoms with van der Waals surface area (Å²) in [5.74, 6) is 0.790. The Hall–Kier alpha value is -1.64. The summed E-state index contributed by atoms with van der Waals surface area (Å²) in [5.41, 5.74) is 6.07. The first-order chi connectivity index (χ1) is 5.77. The van der Waals surface area contributed by atoms with Crippen LogP contribution in [0.2, 0.25) is 0 Å². The number of methoxy groups -OCH3 is 1. The largest absolute Gasteiger partial charge is 0.508 e. The fourth-order valence-corrected chi connectivity index (χ4v) is 0.941. The minimum Gasteiger partial charge on any atom is -0.508 e. The van der Waals surface area contributed by atoms with Gasteiger partial charge in [0.15, 0.2) is 0 Å². The minimum absolute atomic E-state index is 0.182. The van der Waals surface area contributed by atoms with Crippen LogP contribution in [0.25, 0.3) is 6.08 Å². The Morgan fingerprint density at radius 2 is 2.25 bits per heavy atom. The van der Waals surface area contributed by atoms with Gasteiger partial charge in [0.25, 0.3) is 0 Å². The molecular weight excluding hydrogens is 154 g/mol. The van der Waals surface area contributed by atoms with E-state index in [1.165, 1.54) is 12.3 Å². The molecule has 0 radical (unpaired) electrons. The van der Waals surface area contributed by atoms with E-state index < -0.39 is 0 Å². The molecule has 0 saturated heterocycles. The van der Waals surface area contributed by atoms with Gasteiger partial charge in [0.1, 0.15) is 11.5 Å². The maximum Gasteiger partial charge on any atom is 0.129 e. The first-order valence-corrected chi connectivity index (χ1v) is 3.53. The lowest BCUT2D eigenvalue weighted by Crippen LogP contribution is -1.87. The molecule has 3 N–H and O–H groups in total. The Balaban J connectivity index is 3.10. The van der Waals surface area contributed by atoms with E-state index in [2.05, 4.69) is 0 Å². The summed E-state index contributed by atoms with van der Waals surface area (Å²) in [6, 6.07) is 4.85. The summed E-state index contributed by atoms with van der Waals surface area (Å²) in [6.07, 6.45) is 3.13. The second-order valence-electron chi connectivity index (χ2n) is 2.29. The second-order valence-corrected chi connectivity index (χ2v) is 2.29. The number of hydrogen-bond donors (Lipinski definition) is 2. The zero-order valence-corrected chi connectivity index (χ0v) is 6.82. The lowest BCUT2D eigenvalue weighted by molar-refractivity contribution is 0.407. The summed E-state index contributed by atoms with van der Waals surface area (Å²) >= 11 is 0. The normalized spacial score (nSPS) is 10.4. The Labute approximate surface area is 71.1 Å². The van der Waals surface area contributed by atoms with E-state index in [0.717, 1.165) is 5.56 Å². The molecule has 1 aromatic rings. The third-order valence-electron chi connectivity index (χ3n) is 1.49. The van der Waals surface area contributed by atoms with Crippen LogP contribution >= 0.6 is 0 Å². The van der Waals surface area contributed by atoms with Crippen LogP contribution in [0, 0.1) is 0 Å². The SMILES string of the molecule is COc1cc(O)ccc1C=CN. The fraction of sp³-hybridized carbons (Fsp3) is 0.111. The van der Waals surface area contributed by atoms with Crippen LogP contribution in [-0.2, 0) is 0 Å². The van der Waals surface area contributed by atoms with Gasteiger partial charge in [0, 0.05) is 11.6 Å². The van der Waals surface area contributed by atoms with Gasteiger partial charge in [0.05, 0.1) is 7.11 Å². The first kappa shape index (κ1) is 8.46. The number of phenolic OH excluding ortho intramolecular Hbond substituents is 1. The van der Waals surface area contributed by atoms with Gasteiger partial charge in [-0.25, -0.2) is 0 Å². The summed E-state index contributed by atoms with van der Waals surface area (Å²) in [5, 5.41) is 9.10. The number of hydrogen-bond acceptors (Lipinski definition) is 3. The molecule has 0 aromatic heterocycles. The predicted molar refractivity (Wildman–Crippen MR) is 47.9 cm³/mol. The molecule has 0 spiro atoms. The molecule has 0 atom stereocenters. The maximum absolute atomic E-state index is 9.10. The highest BCUT2D eigenvalue weighted by Crippen LogP contribution is 2.24. The van der Waals surface area contributed by atoms with Crippen molar-refractivity contribution in [3.63, 3.8) is 0 Å². The maximum atomic E-state index is 9.10. The molecule has 0 amide bonds. The van der Waals surface area contributed by atoms with Gasteiger partial charge < -0.3 is 15.6 Å². The van der Waals surface area contributed by atoms with Crippen molar-refractivity contribution in [2.45, 2.75) is 0 Å². The van der Waals surface area contributed by atoms with E-state index in [9.17, 15) is 0 Å². The first-order valence-electron chi connectivity index (χ1n) is 3.53. The Morgan fingerprint density at radius 3 is 2.83 bits per heavy atom. The van der Waals surface area contributed by atoms with Crippen LogP contribution in [0.1, 0.15) is 5.56 Å². The number of aromatic hydroxyl groups is 1. The van der Waals surface area contributed by atoms with E-state index in [1.807, 2.05) is 0 Å². The van der Waals surface area contributed by atoms with Gasteiger partial charge in [-0.1, -0.05) is 0 Å². The molecule has 3 heteroatoms. The summed E-state index contributed by atoms with van der Waals surface area (Å²) in [7, 11) is 1.54. The Morgan fingerprint density at radius 1 is 1.50 bits per heavy atom. The van der Waals surface area contributed by atoms with E-state index in [0.29, 0.717) is 5.75 Å². The monoisotopic (exact) mass is 165 g/mol. The fourth-order valence-electron chi connectivity index (χ4n) is 0.941. The van der Waals surface area contributed by atoms with Gasteiger partial charge >= 0.3 is 0 Å². The summed E-state index contributed by atoms with van der Waals surface area (Å²) < 4.78 is 5.01. The molecule has 0 fully saturated rings. The lowest BCUT2D eigenvalue weighted by Gasteiger charge is -2.04. The molecule has 0 aliphatic rings. The molecular formula is C9H11NO2. The van der Waals surface area contributed by atoms with Crippen molar-refractivity contribution in [3.8, 4) is 11.5 Å². The molecule has 0 aliphatic heterocycles. The van der Waals surface area contributed by atoms with E-state index in [-0.39, 0.29) is 5.75 Å². The predicted octanol–water partition coefficient (Wildman–Crippen LogP) is 1.33. The highest BCUT2D eigenvalue weighted by molar-refractivity contribution is 5.58. The smallest absolute Gasteiger partial charge is 0.129 e. The van der Waals surface area contributed by atoms with Crippen molar-refractivity contribution < 1.29 is 9.84 Å². The van der Waals surface area contributed by atoms with Gasteiger partial charge in [0.2, 0.25) is 0 Å². The topological polar surface area (TPSA) is 55.5 Å². The summed E-state index contributed by atoms with van der Waals surface area (Å²) in [6.45, 7) is 0. The number of ether oxygens (including phenoxy) is 1. The number of benzene rings is 1. The van der Waals surface area contributed by atoms with Crippen molar-refractivity contribution in [1.29, 1.82) is 0 Å². The molecule has 12 heavy (non-hydrogen) atoms. The van der Waals surface area contributed by atoms with Crippen molar-refractivity contribution in [3.05, 3.63) is 30.0 Å². The van der Waals surface area contributed by atoms with Crippen LogP contribution in [0.15, 0.2) is 24.4 Å². The standard InChI is InChI=1S/C9H11NO2/c1-12-9-6-8(11)3-2-7(9)4-5-10/h2-6,11H,10H2,1H3. The highest BCUT2D eigenvalue weighted by atomic mass is 16.5. The van der Waals surface area contributed by atoms with Crippen LogP contribution in [0.3, 0.4) is 0 Å². The number of phenols is 1. The zero-order valence-electron chi connectivity index (χ0n) is 6.82. The van der Waals surface area contributed by atoms with E-state index in [1.54, 1.807) is 25.3 Å². The van der Waals surface area contributed by atoms with Gasteiger partial charge in [-0.15, -0.1) is 0 Å². The quantitative estimate of drug-likeness (QED) is 0.695. The molecule has 3 nitrogen and oxygen atoms in total. The molecule has 0 saturated carbocycles. The van der Waals surface area contributed by atoms with Crippen molar-refractivity contribution in [1.82, 2.24) is 0 Å². The molecule has 0 heterocycles. The van der Waals surface area contributed by atoms with Gasteiger partial charge in [-0.05, 0) is 24.4 Å². The molecule has 64 valence electrons. The minimum atomic E-state index is 0.182. The van der Waals surface area contributed by atoms with Crippen LogP contribution in [0.4, 0.5) is 0 Å². The van der Waals surface area contributed by atoms with Crippen LogP contribution in [-0.4, -0.2) is 12.2 Å². The molecule has 0 aliphatic carbocycles. The Kier molecular flexibility index (Phi) is 2.58. The number of nitrogens with two attached hydrogens (primary N) is 1. The second kappa shape index (κ2) is 3.67. The van der Waals surface area contributed by atoms with Crippen molar-refractivity contribution >= 4 is 6.08 Å². The molecule has 1 rings (SSSR count). The molecule has 0 unspecified atom stereocenters. The van der Waals surface area contributed by atoms with Crippen molar-refractivity contribution in [2.75, 3.05) is 7.11 Å². The van der Waals surface area contributed by atoms with Gasteiger partial charge in [-0.3, -0.25) is 0 Å². The Bertz CT molecular complexity index is 295. The van der Waals surface area contributed by atoms with E-state index >= 15 is 0 Å². The van der Waals surface area contributed by atoms with Crippen LogP contribution < -0.4 is 10.5 Å². The number of rotatable bonds is 2. The third kappa shape index (κ3) is 1.69. The average molecular weight is 165 g/mol. The van der Waals surface area contributed by atoms with Crippen LogP contribution in [0.5, 0.6) is 11.5 Å². The third-order valence-corrected chi connectivity index (χ3v) is 1.49. The lowest BCUT2D eigenvalue weighted by atomic mass is 10.2. The highest BCUT2D eigenvalue weighted by Gasteiger charge is 1.99. The summed E-state index contributed by atoms with van der Waals surface area (Å²) in [4.78, 5) is 0. The van der Waals surface area contributed by atoms with Gasteiger partial charge in [-0.2, -0.15) is 0 Å². The molecule has 0 bridgehead atoms.